The van der Waals surface area contributed by atoms with E-state index in [1.807, 2.05) is 26.4 Å². The van der Waals surface area contributed by atoms with Gasteiger partial charge in [-0.25, -0.2) is 4.98 Å². The van der Waals surface area contributed by atoms with Gasteiger partial charge in [-0.05, 0) is 20.8 Å². The zero-order chi connectivity index (χ0) is 11.7. The maximum atomic E-state index is 4.30. The van der Waals surface area contributed by atoms with E-state index in [0.717, 1.165) is 17.3 Å². The lowest BCUT2D eigenvalue weighted by molar-refractivity contribution is 0.608. The van der Waals surface area contributed by atoms with E-state index >= 15 is 0 Å². The minimum atomic E-state index is 0.391. The molecule has 0 aliphatic rings. The van der Waals surface area contributed by atoms with Crippen molar-refractivity contribution in [2.75, 3.05) is 5.32 Å². The van der Waals surface area contributed by atoms with E-state index in [-0.39, 0.29) is 0 Å². The van der Waals surface area contributed by atoms with Gasteiger partial charge in [0, 0.05) is 31.7 Å². The first-order chi connectivity index (χ1) is 7.58. The third-order valence-corrected chi connectivity index (χ3v) is 2.48. The summed E-state index contributed by atoms with van der Waals surface area (Å²) in [5.74, 6) is 0.853. The van der Waals surface area contributed by atoms with Crippen molar-refractivity contribution < 1.29 is 0 Å². The van der Waals surface area contributed by atoms with Crippen LogP contribution in [0.4, 0.5) is 11.6 Å². The molecule has 2 heterocycles. The predicted octanol–water partition coefficient (Wildman–Crippen LogP) is 2.25. The van der Waals surface area contributed by atoms with E-state index in [4.69, 9.17) is 0 Å². The van der Waals surface area contributed by atoms with E-state index in [0.29, 0.717) is 6.04 Å². The van der Waals surface area contributed by atoms with Gasteiger partial charge in [-0.2, -0.15) is 5.10 Å². The molecule has 0 bridgehead atoms. The minimum absolute atomic E-state index is 0.391. The van der Waals surface area contributed by atoms with Gasteiger partial charge in [0.1, 0.15) is 0 Å². The first-order valence-corrected chi connectivity index (χ1v) is 5.38. The van der Waals surface area contributed by atoms with E-state index in [1.54, 1.807) is 10.9 Å². The number of nitrogens with zero attached hydrogens (tertiary/aromatic N) is 4. The zero-order valence-corrected chi connectivity index (χ0v) is 10.1. The molecule has 2 rings (SSSR count). The smallest absolute Gasteiger partial charge is 0.207 e. The fourth-order valence-corrected chi connectivity index (χ4v) is 1.67. The molecule has 1 N–H and O–H groups in total. The van der Waals surface area contributed by atoms with Crippen LogP contribution in [-0.2, 0) is 7.05 Å². The third-order valence-electron chi connectivity index (χ3n) is 2.48. The van der Waals surface area contributed by atoms with Crippen molar-refractivity contribution >= 4 is 11.6 Å². The Morgan fingerprint density at radius 3 is 2.69 bits per heavy atom. The summed E-state index contributed by atoms with van der Waals surface area (Å²) in [6.07, 6.45) is 5.72. The quantitative estimate of drug-likeness (QED) is 0.861. The second kappa shape index (κ2) is 4.00. The van der Waals surface area contributed by atoms with Gasteiger partial charge in [-0.15, -0.1) is 0 Å². The van der Waals surface area contributed by atoms with Crippen LogP contribution in [0.5, 0.6) is 0 Å². The van der Waals surface area contributed by atoms with Crippen LogP contribution in [-0.4, -0.2) is 19.3 Å². The lowest BCUT2D eigenvalue weighted by Gasteiger charge is -2.11. The highest BCUT2D eigenvalue weighted by molar-refractivity contribution is 5.55. The Labute approximate surface area is 95.1 Å². The second-order valence-electron chi connectivity index (χ2n) is 4.18. The van der Waals surface area contributed by atoms with Crippen molar-refractivity contribution in [2.45, 2.75) is 26.8 Å². The summed E-state index contributed by atoms with van der Waals surface area (Å²) in [7, 11) is 1.91. The predicted molar refractivity (Wildman–Crippen MR) is 63.8 cm³/mol. The van der Waals surface area contributed by atoms with Crippen LogP contribution in [0.2, 0.25) is 0 Å². The molecule has 0 amide bonds. The van der Waals surface area contributed by atoms with Gasteiger partial charge in [0.2, 0.25) is 5.95 Å². The molecule has 0 fully saturated rings. The third kappa shape index (κ3) is 1.93. The van der Waals surface area contributed by atoms with Gasteiger partial charge in [0.15, 0.2) is 0 Å². The lowest BCUT2D eigenvalue weighted by atomic mass is 10.4. The molecule has 16 heavy (non-hydrogen) atoms. The summed E-state index contributed by atoms with van der Waals surface area (Å²) >= 11 is 0. The molecule has 0 saturated heterocycles. The van der Waals surface area contributed by atoms with Crippen molar-refractivity contribution in [3.05, 3.63) is 24.3 Å². The molecule has 0 saturated carbocycles. The van der Waals surface area contributed by atoms with Crippen LogP contribution in [0.1, 0.15) is 25.6 Å². The minimum Gasteiger partial charge on any atom is -0.323 e. The van der Waals surface area contributed by atoms with Crippen LogP contribution in [0.15, 0.2) is 18.6 Å². The molecule has 5 heteroatoms. The van der Waals surface area contributed by atoms with Crippen LogP contribution in [0, 0.1) is 6.92 Å². The van der Waals surface area contributed by atoms with E-state index in [9.17, 15) is 0 Å². The number of hydrogen-bond acceptors (Lipinski definition) is 3. The number of imidazole rings is 1. The molecular formula is C11H17N5. The average Bonchev–Trinajstić information content (AvgIpc) is 2.75. The fraction of sp³-hybridized carbons (Fsp3) is 0.455. The molecule has 0 aliphatic heterocycles. The lowest BCUT2D eigenvalue weighted by Crippen LogP contribution is -2.05. The summed E-state index contributed by atoms with van der Waals surface area (Å²) in [4.78, 5) is 4.30. The van der Waals surface area contributed by atoms with Gasteiger partial charge < -0.3 is 9.88 Å². The highest BCUT2D eigenvalue weighted by Gasteiger charge is 2.09. The van der Waals surface area contributed by atoms with E-state index < -0.39 is 0 Å². The maximum Gasteiger partial charge on any atom is 0.207 e. The molecular weight excluding hydrogens is 202 g/mol. The summed E-state index contributed by atoms with van der Waals surface area (Å²) in [6, 6.07) is 0.391. The average molecular weight is 219 g/mol. The Morgan fingerprint density at radius 1 is 1.38 bits per heavy atom. The van der Waals surface area contributed by atoms with Crippen LogP contribution >= 0.6 is 0 Å². The van der Waals surface area contributed by atoms with Gasteiger partial charge in [-0.1, -0.05) is 0 Å². The molecule has 5 nitrogen and oxygen atoms in total. The fourth-order valence-electron chi connectivity index (χ4n) is 1.67. The number of aromatic nitrogens is 4. The number of nitrogens with one attached hydrogen (secondary N) is 1. The van der Waals surface area contributed by atoms with Gasteiger partial charge in [-0.3, -0.25) is 4.68 Å². The van der Waals surface area contributed by atoms with Crippen LogP contribution in [0.3, 0.4) is 0 Å². The number of rotatable bonds is 3. The van der Waals surface area contributed by atoms with Crippen molar-refractivity contribution in [1.29, 1.82) is 0 Å². The van der Waals surface area contributed by atoms with E-state index in [1.165, 1.54) is 0 Å². The van der Waals surface area contributed by atoms with E-state index in [2.05, 4.69) is 33.8 Å². The Morgan fingerprint density at radius 2 is 2.12 bits per heavy atom. The molecule has 0 spiro atoms. The summed E-state index contributed by atoms with van der Waals surface area (Å²) in [5, 5.41) is 7.57. The van der Waals surface area contributed by atoms with Gasteiger partial charge in [0.05, 0.1) is 11.4 Å². The molecule has 2 aromatic heterocycles. The normalized spacial score (nSPS) is 11.1. The second-order valence-corrected chi connectivity index (χ2v) is 4.18. The SMILES string of the molecule is Cc1nn(C)cc1Nc1nccn1C(C)C. The Hall–Kier alpha value is -1.78. The first-order valence-electron chi connectivity index (χ1n) is 5.38. The topological polar surface area (TPSA) is 47.7 Å². The van der Waals surface area contributed by atoms with Crippen LogP contribution < -0.4 is 5.32 Å². The number of aryl methyl sites for hydroxylation is 2. The summed E-state index contributed by atoms with van der Waals surface area (Å²) in [5.41, 5.74) is 1.97. The molecule has 0 unspecified atom stereocenters. The molecule has 0 radical (unpaired) electrons. The van der Waals surface area contributed by atoms with Crippen molar-refractivity contribution in [2.24, 2.45) is 7.05 Å². The molecule has 2 aromatic rings. The van der Waals surface area contributed by atoms with Gasteiger partial charge in [0.25, 0.3) is 0 Å². The molecule has 0 aliphatic carbocycles. The Bertz CT molecular complexity index is 480. The molecule has 86 valence electrons. The maximum absolute atomic E-state index is 4.30. The van der Waals surface area contributed by atoms with Crippen molar-refractivity contribution in [3.8, 4) is 0 Å². The van der Waals surface area contributed by atoms with Crippen LogP contribution in [0.25, 0.3) is 0 Å². The monoisotopic (exact) mass is 219 g/mol. The molecule has 0 atom stereocenters. The summed E-state index contributed by atoms with van der Waals surface area (Å²) in [6.45, 7) is 6.23. The zero-order valence-electron chi connectivity index (χ0n) is 10.1. The number of anilines is 2. The Kier molecular flexibility index (Phi) is 2.68. The van der Waals surface area contributed by atoms with Gasteiger partial charge >= 0.3 is 0 Å². The first kappa shape index (κ1) is 10.7. The highest BCUT2D eigenvalue weighted by atomic mass is 15.3. The van der Waals surface area contributed by atoms with Crippen molar-refractivity contribution in [3.63, 3.8) is 0 Å². The highest BCUT2D eigenvalue weighted by Crippen LogP contribution is 2.20. The Balaban J connectivity index is 2.27. The van der Waals surface area contributed by atoms with Crippen molar-refractivity contribution in [1.82, 2.24) is 19.3 Å². The standard InChI is InChI=1S/C11H17N5/c1-8(2)16-6-5-12-11(16)13-10-7-15(4)14-9(10)3/h5-8H,1-4H3,(H,12,13). The molecule has 0 aromatic carbocycles. The number of hydrogen-bond donors (Lipinski definition) is 1. The summed E-state index contributed by atoms with van der Waals surface area (Å²) < 4.78 is 3.88. The largest absolute Gasteiger partial charge is 0.323 e.